The second kappa shape index (κ2) is 9.05. The van der Waals surface area contributed by atoms with Crippen LogP contribution in [0.25, 0.3) is 11.5 Å². The monoisotopic (exact) mass is 385 g/mol. The number of ether oxygens (including phenoxy) is 1. The van der Waals surface area contributed by atoms with Crippen LogP contribution in [0, 0.1) is 18.2 Å². The van der Waals surface area contributed by atoms with E-state index in [9.17, 15) is 8.60 Å². The third-order valence-electron chi connectivity index (χ3n) is 3.50. The summed E-state index contributed by atoms with van der Waals surface area (Å²) >= 11 is 0. The van der Waals surface area contributed by atoms with Gasteiger partial charge in [0.1, 0.15) is 22.4 Å². The van der Waals surface area contributed by atoms with Crippen molar-refractivity contribution in [2.75, 3.05) is 6.61 Å². The van der Waals surface area contributed by atoms with E-state index < -0.39 is 10.8 Å². The van der Waals surface area contributed by atoms with Gasteiger partial charge in [-0.2, -0.15) is 0 Å². The average Bonchev–Trinajstić information content (AvgIpc) is 3.17. The normalized spacial score (nSPS) is 11.7. The maximum absolute atomic E-state index is 13.0. The van der Waals surface area contributed by atoms with E-state index in [1.54, 1.807) is 18.3 Å². The minimum Gasteiger partial charge on any atom is -0.492 e. The summed E-state index contributed by atoms with van der Waals surface area (Å²) in [5.41, 5.74) is 1.16. The van der Waals surface area contributed by atoms with Gasteiger partial charge in [-0.25, -0.2) is 8.60 Å². The molecule has 0 radical (unpaired) electrons. The summed E-state index contributed by atoms with van der Waals surface area (Å²) < 4.78 is 36.3. The Morgan fingerprint density at radius 2 is 2.00 bits per heavy atom. The fourth-order valence-electron chi connectivity index (χ4n) is 2.15. The lowest BCUT2D eigenvalue weighted by atomic mass is 10.2. The van der Waals surface area contributed by atoms with Gasteiger partial charge in [0.05, 0.1) is 24.3 Å². The van der Waals surface area contributed by atoms with Gasteiger partial charge in [-0.1, -0.05) is 5.10 Å². The number of pyridine rings is 1. The fraction of sp³-hybridized carbons (Fsp3) is 0.211. The first kappa shape index (κ1) is 18.7. The molecule has 0 saturated carbocycles. The van der Waals surface area contributed by atoms with E-state index in [1.165, 1.54) is 24.3 Å². The topological polar surface area (TPSA) is 78.1 Å². The van der Waals surface area contributed by atoms with Crippen molar-refractivity contribution in [3.05, 3.63) is 54.1 Å². The molecule has 6 nitrogen and oxygen atoms in total. The highest BCUT2D eigenvalue weighted by Gasteiger charge is 2.15. The summed E-state index contributed by atoms with van der Waals surface area (Å²) in [5, 5.41) is 7.65. The summed E-state index contributed by atoms with van der Waals surface area (Å²) in [6, 6.07) is 9.09. The summed E-state index contributed by atoms with van der Waals surface area (Å²) in [5.74, 6) is 3.12. The minimum absolute atomic E-state index is 0.00858. The zero-order chi connectivity index (χ0) is 19.1. The molecular weight excluding hydrogens is 369 g/mol. The second-order valence-electron chi connectivity index (χ2n) is 5.51. The van der Waals surface area contributed by atoms with Crippen LogP contribution in [0.5, 0.6) is 5.75 Å². The van der Waals surface area contributed by atoms with E-state index in [2.05, 4.69) is 21.1 Å². The maximum Gasteiger partial charge on any atom is 0.308 e. The van der Waals surface area contributed by atoms with Crippen molar-refractivity contribution in [2.24, 2.45) is 0 Å². The van der Waals surface area contributed by atoms with Gasteiger partial charge in [0, 0.05) is 12.0 Å². The first-order valence-electron chi connectivity index (χ1n) is 8.15. The molecule has 0 aliphatic carbocycles. The summed E-state index contributed by atoms with van der Waals surface area (Å²) in [4.78, 5) is 4.23. The first-order chi connectivity index (χ1) is 13.2. The van der Waals surface area contributed by atoms with E-state index in [0.717, 1.165) is 6.42 Å². The third-order valence-corrected chi connectivity index (χ3v) is 4.62. The van der Waals surface area contributed by atoms with Crippen LogP contribution in [0.4, 0.5) is 4.39 Å². The minimum atomic E-state index is -1.55. The number of unbranched alkanes of at least 4 members (excludes halogenated alkanes) is 1. The molecule has 0 bridgehead atoms. The molecule has 0 fully saturated rings. The first-order valence-corrected chi connectivity index (χ1v) is 9.46. The largest absolute Gasteiger partial charge is 0.492 e. The Morgan fingerprint density at radius 3 is 2.70 bits per heavy atom. The van der Waals surface area contributed by atoms with Crippen LogP contribution in [0.15, 0.2) is 52.2 Å². The van der Waals surface area contributed by atoms with E-state index in [-0.39, 0.29) is 22.7 Å². The number of benzene rings is 1. The molecule has 0 amide bonds. The van der Waals surface area contributed by atoms with Gasteiger partial charge < -0.3 is 9.15 Å². The van der Waals surface area contributed by atoms with Crippen LogP contribution in [0.3, 0.4) is 0 Å². The van der Waals surface area contributed by atoms with Crippen LogP contribution in [-0.2, 0) is 16.6 Å². The number of aromatic nitrogens is 3. The predicted octanol–water partition coefficient (Wildman–Crippen LogP) is 3.37. The second-order valence-corrected chi connectivity index (χ2v) is 6.84. The predicted molar refractivity (Wildman–Crippen MR) is 97.6 cm³/mol. The molecule has 138 valence electrons. The molecule has 3 rings (SSSR count). The molecule has 3 aromatic rings. The molecule has 0 spiro atoms. The van der Waals surface area contributed by atoms with Gasteiger partial charge in [-0.05, 0) is 42.8 Å². The molecule has 1 aromatic carbocycles. The fourth-order valence-corrected chi connectivity index (χ4v) is 3.02. The van der Waals surface area contributed by atoms with Crippen molar-refractivity contribution >= 4 is 10.8 Å². The summed E-state index contributed by atoms with van der Waals surface area (Å²) in [6.45, 7) is 0.519. The van der Waals surface area contributed by atoms with Crippen LogP contribution in [0.2, 0.25) is 0 Å². The zero-order valence-electron chi connectivity index (χ0n) is 14.3. The van der Waals surface area contributed by atoms with Crippen molar-refractivity contribution in [1.82, 2.24) is 15.2 Å². The van der Waals surface area contributed by atoms with Crippen molar-refractivity contribution in [3.63, 3.8) is 0 Å². The Hall–Kier alpha value is -3.05. The van der Waals surface area contributed by atoms with Crippen LogP contribution >= 0.6 is 0 Å². The Labute approximate surface area is 158 Å². The zero-order valence-corrected chi connectivity index (χ0v) is 15.1. The van der Waals surface area contributed by atoms with Crippen LogP contribution in [0.1, 0.15) is 18.5 Å². The lowest BCUT2D eigenvalue weighted by Gasteiger charge is -2.05. The Balaban J connectivity index is 1.59. The molecule has 0 aliphatic heterocycles. The molecule has 0 N–H and O–H groups in total. The van der Waals surface area contributed by atoms with Gasteiger partial charge in [0.2, 0.25) is 5.89 Å². The molecule has 27 heavy (non-hydrogen) atoms. The smallest absolute Gasteiger partial charge is 0.308 e. The number of hydrogen-bond acceptors (Lipinski definition) is 6. The van der Waals surface area contributed by atoms with Gasteiger partial charge >= 0.3 is 5.22 Å². The molecule has 0 aliphatic rings. The van der Waals surface area contributed by atoms with Gasteiger partial charge in [-0.15, -0.1) is 17.4 Å². The Bertz CT molecular complexity index is 950. The molecule has 8 heteroatoms. The van der Waals surface area contributed by atoms with Gasteiger partial charge in [0.25, 0.3) is 0 Å². The lowest BCUT2D eigenvalue weighted by molar-refractivity contribution is 0.311. The number of halogens is 1. The number of rotatable bonds is 8. The molecule has 1 atom stereocenters. The van der Waals surface area contributed by atoms with E-state index in [1.807, 2.05) is 0 Å². The molecule has 2 aromatic heterocycles. The SMILES string of the molecule is C#CCCCOc1ccc(CS(=O)c2nnc(-c3ccc(F)cc3)o2)nc1. The van der Waals surface area contributed by atoms with E-state index in [0.29, 0.717) is 30.0 Å². The quantitative estimate of drug-likeness (QED) is 0.437. The highest BCUT2D eigenvalue weighted by atomic mass is 32.2. The van der Waals surface area contributed by atoms with Gasteiger partial charge in [0.15, 0.2) is 0 Å². The van der Waals surface area contributed by atoms with Crippen molar-refractivity contribution in [2.45, 2.75) is 23.8 Å². The highest BCUT2D eigenvalue weighted by molar-refractivity contribution is 7.83. The van der Waals surface area contributed by atoms with E-state index >= 15 is 0 Å². The number of hydrogen-bond donors (Lipinski definition) is 0. The number of nitrogens with zero attached hydrogens (tertiary/aromatic N) is 3. The Kier molecular flexibility index (Phi) is 6.28. The average molecular weight is 385 g/mol. The van der Waals surface area contributed by atoms with Crippen LogP contribution in [-0.4, -0.2) is 26.0 Å². The highest BCUT2D eigenvalue weighted by Crippen LogP contribution is 2.20. The van der Waals surface area contributed by atoms with E-state index in [4.69, 9.17) is 15.6 Å². The van der Waals surface area contributed by atoms with Gasteiger partial charge in [-0.3, -0.25) is 4.98 Å². The Morgan fingerprint density at radius 1 is 1.19 bits per heavy atom. The summed E-state index contributed by atoms with van der Waals surface area (Å²) in [6.07, 6.45) is 8.19. The van der Waals surface area contributed by atoms with Crippen molar-refractivity contribution in [3.8, 4) is 29.5 Å². The third kappa shape index (κ3) is 5.21. The molecule has 2 heterocycles. The van der Waals surface area contributed by atoms with Crippen molar-refractivity contribution in [1.29, 1.82) is 0 Å². The van der Waals surface area contributed by atoms with Crippen LogP contribution < -0.4 is 4.74 Å². The van der Waals surface area contributed by atoms with Crippen molar-refractivity contribution < 1.29 is 17.8 Å². The molecule has 1 unspecified atom stereocenters. The number of terminal acetylenes is 1. The molecular formula is C19H16FN3O3S. The lowest BCUT2D eigenvalue weighted by Crippen LogP contribution is -2.01. The standard InChI is InChI=1S/C19H16FN3O3S/c1-2-3-4-11-25-17-10-9-16(21-12-17)13-27(24)19-23-22-18(26-19)14-5-7-15(20)8-6-14/h1,5-10,12H,3-4,11,13H2. The maximum atomic E-state index is 13.0. The molecule has 0 saturated heterocycles. The summed E-state index contributed by atoms with van der Waals surface area (Å²) in [7, 11) is -1.55.